The lowest BCUT2D eigenvalue weighted by Crippen LogP contribution is -2.63. The minimum Gasteiger partial charge on any atom is -0.456 e. The van der Waals surface area contributed by atoms with Gasteiger partial charge >= 0.3 is 12.1 Å². The summed E-state index contributed by atoms with van der Waals surface area (Å²) < 4.78 is 13.3. The smallest absolute Gasteiger partial charge is 0.410 e. The number of carbonyl (C=O) groups is 4. The van der Waals surface area contributed by atoms with Crippen molar-refractivity contribution in [2.75, 3.05) is 13.1 Å². The number of hydrogen-bond acceptors (Lipinski definition) is 13. The number of aliphatic hydroxyl groups excluding tert-OH is 1. The van der Waals surface area contributed by atoms with Gasteiger partial charge in [-0.15, -0.1) is 11.8 Å². The van der Waals surface area contributed by atoms with Gasteiger partial charge < -0.3 is 28.9 Å². The Morgan fingerprint density at radius 3 is 2.18 bits per heavy atom. The molecule has 4 aliphatic rings. The van der Waals surface area contributed by atoms with E-state index in [0.29, 0.717) is 35.7 Å². The van der Waals surface area contributed by atoms with Gasteiger partial charge in [0.15, 0.2) is 0 Å². The third kappa shape index (κ3) is 7.18. The highest BCUT2D eigenvalue weighted by Gasteiger charge is 2.60. The number of carbonyl (C=O) groups excluding carboxylic acids is 4. The van der Waals surface area contributed by atoms with Crippen LogP contribution in [0.15, 0.2) is 65.5 Å². The summed E-state index contributed by atoms with van der Waals surface area (Å²) in [6.07, 6.45) is 0.196. The van der Waals surface area contributed by atoms with Crippen molar-refractivity contribution >= 4 is 47.0 Å². The Morgan fingerprint density at radius 2 is 1.59 bits per heavy atom. The first kappa shape index (κ1) is 38.5. The fourth-order valence-corrected chi connectivity index (χ4v) is 9.35. The van der Waals surface area contributed by atoms with E-state index in [0.717, 1.165) is 11.4 Å². The fourth-order valence-electron chi connectivity index (χ4n) is 7.83. The molecule has 6 atom stereocenters. The monoisotopic (exact) mass is 789 g/mol. The van der Waals surface area contributed by atoms with Gasteiger partial charge in [-0.1, -0.05) is 6.92 Å². The summed E-state index contributed by atoms with van der Waals surface area (Å²) in [6.45, 7) is 6.12. The molecule has 7 rings (SSSR count). The van der Waals surface area contributed by atoms with Crippen molar-refractivity contribution in [1.29, 1.82) is 0 Å². The first-order valence-electron chi connectivity index (χ1n) is 18.0. The van der Waals surface area contributed by atoms with E-state index in [2.05, 4.69) is 4.98 Å². The van der Waals surface area contributed by atoms with Crippen LogP contribution in [0.1, 0.15) is 42.8 Å². The normalized spacial score (nSPS) is 23.3. The molecule has 0 radical (unpaired) electrons. The number of amides is 3. The topological polar surface area (TPSA) is 221 Å². The van der Waals surface area contributed by atoms with Gasteiger partial charge in [0, 0.05) is 60.0 Å². The Balaban J connectivity index is 1.13. The van der Waals surface area contributed by atoms with Crippen molar-refractivity contribution in [2.45, 2.75) is 76.9 Å². The van der Waals surface area contributed by atoms with Crippen molar-refractivity contribution in [1.82, 2.24) is 24.3 Å². The van der Waals surface area contributed by atoms with Crippen molar-refractivity contribution in [3.05, 3.63) is 108 Å². The van der Waals surface area contributed by atoms with Gasteiger partial charge in [0.05, 0.1) is 52.2 Å². The molecule has 2 aromatic carbocycles. The maximum Gasteiger partial charge on any atom is 0.410 e. The summed E-state index contributed by atoms with van der Waals surface area (Å²) in [6, 6.07) is 9.67. The zero-order chi connectivity index (χ0) is 40.0. The molecular formula is C37H39N7O11S. The van der Waals surface area contributed by atoms with Gasteiger partial charge in [-0.2, -0.15) is 0 Å². The molecule has 2 fully saturated rings. The molecule has 18 nitrogen and oxygen atoms in total. The quantitative estimate of drug-likeness (QED) is 0.127. The maximum atomic E-state index is 14.3. The molecule has 3 aromatic rings. The lowest BCUT2D eigenvalue weighted by atomic mass is 9.79. The molecule has 0 bridgehead atoms. The number of esters is 1. The molecule has 4 aliphatic heterocycles. The number of imidazole rings is 1. The molecule has 56 heavy (non-hydrogen) atoms. The van der Waals surface area contributed by atoms with Crippen molar-refractivity contribution in [3.8, 4) is 0 Å². The number of nitrogens with zero attached hydrogens (tertiary/aromatic N) is 7. The van der Waals surface area contributed by atoms with E-state index in [4.69, 9.17) is 9.47 Å². The molecule has 1 aromatic heterocycles. The lowest BCUT2D eigenvalue weighted by Gasteiger charge is -2.46. The summed E-state index contributed by atoms with van der Waals surface area (Å²) in [5.41, 5.74) is 2.49. The Bertz CT molecular complexity index is 2120. The highest BCUT2D eigenvalue weighted by atomic mass is 32.2. The maximum absolute atomic E-state index is 14.3. The molecule has 2 saturated heterocycles. The van der Waals surface area contributed by atoms with Crippen LogP contribution < -0.4 is 0 Å². The van der Waals surface area contributed by atoms with E-state index >= 15 is 0 Å². The Hall–Kier alpha value is -5.82. The highest BCUT2D eigenvalue weighted by molar-refractivity contribution is 8.03. The molecular weight excluding hydrogens is 751 g/mol. The van der Waals surface area contributed by atoms with Gasteiger partial charge in [0.2, 0.25) is 11.8 Å². The Labute approximate surface area is 324 Å². The van der Waals surface area contributed by atoms with Crippen LogP contribution >= 0.6 is 11.8 Å². The van der Waals surface area contributed by atoms with Crippen molar-refractivity contribution < 1.29 is 43.6 Å². The number of likely N-dealkylation sites (tertiary alicyclic amines) is 1. The second-order valence-corrected chi connectivity index (χ2v) is 15.7. The van der Waals surface area contributed by atoms with Crippen LogP contribution in [-0.4, -0.2) is 99.6 Å². The van der Waals surface area contributed by atoms with Gasteiger partial charge in [-0.05, 0) is 55.7 Å². The van der Waals surface area contributed by atoms with E-state index in [-0.39, 0.29) is 49.2 Å². The summed E-state index contributed by atoms with van der Waals surface area (Å²) >= 11 is 1.28. The molecule has 1 N–H and O–H groups in total. The zero-order valence-corrected chi connectivity index (χ0v) is 31.5. The van der Waals surface area contributed by atoms with E-state index in [1.807, 2.05) is 18.4 Å². The van der Waals surface area contributed by atoms with Crippen molar-refractivity contribution in [3.63, 3.8) is 0 Å². The largest absolute Gasteiger partial charge is 0.456 e. The summed E-state index contributed by atoms with van der Waals surface area (Å²) in [7, 11) is 0. The predicted molar refractivity (Wildman–Crippen MR) is 197 cm³/mol. The molecule has 3 amide bonds. The molecule has 0 saturated carbocycles. The molecule has 0 aliphatic carbocycles. The minimum atomic E-state index is -0.980. The number of nitro groups is 2. The minimum absolute atomic E-state index is 0.0261. The van der Waals surface area contributed by atoms with E-state index in [1.54, 1.807) is 11.2 Å². The Kier molecular flexibility index (Phi) is 10.6. The van der Waals surface area contributed by atoms with Crippen molar-refractivity contribution in [2.24, 2.45) is 11.8 Å². The van der Waals surface area contributed by atoms with Crippen LogP contribution in [-0.2, 0) is 50.2 Å². The summed E-state index contributed by atoms with van der Waals surface area (Å²) in [4.78, 5) is 85.7. The first-order chi connectivity index (χ1) is 26.7. The number of nitro benzene ring substituents is 2. The number of benzene rings is 2. The number of fused-ring (bicyclic) bond motifs is 2. The van der Waals surface area contributed by atoms with Crippen LogP contribution in [0.25, 0.3) is 0 Å². The standard InChI is InChI=1S/C37H39N7O11S/c1-20-31-30(22(3)45)35(47)42(31)32(36(48)54-17-23-4-8-25(9-5-23)43(50)51)33(20)56-27-14-28(34(46)39-12-13-40-19-38-21(2)29(40)16-39)41(15-27)37(49)55-18-24-6-10-26(11-7-24)44(52)53/h4-11,19-20,22,27-28,30-31,45H,12-18H2,1-3H3/t20-,22-,27+,28+,30-,31-/m1/s1. The fraction of sp³-hybridized carbons (Fsp3) is 0.432. The molecule has 0 unspecified atom stereocenters. The molecule has 0 spiro atoms. The highest BCUT2D eigenvalue weighted by Crippen LogP contribution is 2.52. The molecule has 19 heteroatoms. The number of aryl methyl sites for hydroxylation is 1. The second kappa shape index (κ2) is 15.4. The second-order valence-electron chi connectivity index (χ2n) is 14.3. The number of thioether (sulfide) groups is 1. The molecule has 294 valence electrons. The van der Waals surface area contributed by atoms with Gasteiger partial charge in [0.25, 0.3) is 11.4 Å². The number of β-lactam (4-membered cyclic amide) rings is 1. The van der Waals surface area contributed by atoms with Crippen LogP contribution in [0.5, 0.6) is 0 Å². The van der Waals surface area contributed by atoms with Crippen LogP contribution in [0.2, 0.25) is 0 Å². The number of aromatic nitrogens is 2. The predicted octanol–water partition coefficient (Wildman–Crippen LogP) is 3.68. The number of aliphatic hydroxyl groups is 1. The third-order valence-electron chi connectivity index (χ3n) is 10.8. The van der Waals surface area contributed by atoms with Gasteiger partial charge in [0.1, 0.15) is 25.0 Å². The number of hydrogen-bond donors (Lipinski definition) is 1. The molecule has 5 heterocycles. The van der Waals surface area contributed by atoms with E-state index < -0.39 is 63.1 Å². The number of ether oxygens (including phenoxy) is 2. The summed E-state index contributed by atoms with van der Waals surface area (Å²) in [5, 5.41) is 32.3. The average molecular weight is 790 g/mol. The average Bonchev–Trinajstić information content (AvgIpc) is 3.85. The zero-order valence-electron chi connectivity index (χ0n) is 30.7. The van der Waals surface area contributed by atoms with Crippen LogP contribution in [0.4, 0.5) is 16.2 Å². The van der Waals surface area contributed by atoms with Crippen LogP contribution in [0, 0.1) is 39.0 Å². The third-order valence-corrected chi connectivity index (χ3v) is 12.3. The van der Waals surface area contributed by atoms with Gasteiger partial charge in [-0.25, -0.2) is 14.6 Å². The number of rotatable bonds is 11. The van der Waals surface area contributed by atoms with Gasteiger partial charge in [-0.3, -0.25) is 34.7 Å². The van der Waals surface area contributed by atoms with Crippen LogP contribution in [0.3, 0.4) is 0 Å². The Morgan fingerprint density at radius 1 is 0.982 bits per heavy atom. The lowest BCUT2D eigenvalue weighted by molar-refractivity contribution is -0.385. The summed E-state index contributed by atoms with van der Waals surface area (Å²) in [5.74, 6) is -2.65. The van der Waals surface area contributed by atoms with E-state index in [9.17, 15) is 44.5 Å². The first-order valence-corrected chi connectivity index (χ1v) is 18.9. The number of non-ortho nitro benzene ring substituents is 2. The van der Waals surface area contributed by atoms with E-state index in [1.165, 1.54) is 77.0 Å². The SMILES string of the molecule is Cc1ncn2c1CN(C(=O)[C@@H]1C[C@H](SC3=C(C(=O)OCc4ccc([N+](=O)[O-])cc4)N4C(=O)[C@H]([C@@H](C)O)[C@H]4[C@H]3C)CN1C(=O)OCc1ccc([N+](=O)[O-])cc1)CC2.